The van der Waals surface area contributed by atoms with Gasteiger partial charge < -0.3 is 11.1 Å². The van der Waals surface area contributed by atoms with Gasteiger partial charge in [-0.25, -0.2) is 0 Å². The van der Waals surface area contributed by atoms with Gasteiger partial charge in [0.25, 0.3) is 0 Å². The zero-order chi connectivity index (χ0) is 14.5. The van der Waals surface area contributed by atoms with Crippen molar-refractivity contribution in [2.24, 2.45) is 17.6 Å². The molecule has 1 aliphatic rings. The van der Waals surface area contributed by atoms with Crippen LogP contribution in [0.5, 0.6) is 0 Å². The van der Waals surface area contributed by atoms with Crippen LogP contribution in [0.1, 0.15) is 51.1 Å². The average molecular weight is 274 g/mol. The summed E-state index contributed by atoms with van der Waals surface area (Å²) in [7, 11) is 0. The molecule has 110 valence electrons. The van der Waals surface area contributed by atoms with E-state index in [4.69, 9.17) is 5.73 Å². The Morgan fingerprint density at radius 1 is 1.20 bits per heavy atom. The number of amides is 1. The molecular weight excluding hydrogens is 248 g/mol. The molecule has 1 saturated carbocycles. The molecule has 3 atom stereocenters. The van der Waals surface area contributed by atoms with E-state index in [-0.39, 0.29) is 23.9 Å². The molecule has 0 heterocycles. The van der Waals surface area contributed by atoms with Crippen LogP contribution in [0.25, 0.3) is 0 Å². The third-order valence-corrected chi connectivity index (χ3v) is 4.61. The van der Waals surface area contributed by atoms with Crippen LogP contribution in [0.2, 0.25) is 0 Å². The molecule has 0 spiro atoms. The standard InChI is InChI=1S/C17H26N2O/c1-12(16(18)15-10-4-3-5-11-15)17(20)19-13(2)14-8-6-7-9-14/h3-5,10-14,16H,6-9,18H2,1-2H3,(H,19,20)/t12?,13-,16?/m0/s1. The van der Waals surface area contributed by atoms with Gasteiger partial charge >= 0.3 is 0 Å². The summed E-state index contributed by atoms with van der Waals surface area (Å²) in [5, 5.41) is 3.15. The predicted octanol–water partition coefficient (Wildman–Crippen LogP) is 3.02. The SMILES string of the molecule is CC(C(=O)N[C@@H](C)C1CCCC1)C(N)c1ccccc1. The quantitative estimate of drug-likeness (QED) is 0.867. The van der Waals surface area contributed by atoms with E-state index in [1.54, 1.807) is 0 Å². The van der Waals surface area contributed by atoms with Crippen molar-refractivity contribution < 1.29 is 4.79 Å². The van der Waals surface area contributed by atoms with Crippen LogP contribution >= 0.6 is 0 Å². The van der Waals surface area contributed by atoms with Crippen molar-refractivity contribution in [3.8, 4) is 0 Å². The number of benzene rings is 1. The number of rotatable bonds is 5. The Kier molecular flexibility index (Phi) is 5.18. The van der Waals surface area contributed by atoms with E-state index >= 15 is 0 Å². The van der Waals surface area contributed by atoms with Crippen LogP contribution in [0.4, 0.5) is 0 Å². The summed E-state index contributed by atoms with van der Waals surface area (Å²) >= 11 is 0. The van der Waals surface area contributed by atoms with E-state index in [1.165, 1.54) is 25.7 Å². The fourth-order valence-electron chi connectivity index (χ4n) is 3.06. The van der Waals surface area contributed by atoms with Gasteiger partial charge in [0.15, 0.2) is 0 Å². The lowest BCUT2D eigenvalue weighted by atomic mass is 9.93. The first-order valence-corrected chi connectivity index (χ1v) is 7.70. The molecule has 0 aromatic heterocycles. The van der Waals surface area contributed by atoms with Gasteiger partial charge in [0.2, 0.25) is 5.91 Å². The van der Waals surface area contributed by atoms with Gasteiger partial charge in [0.05, 0.1) is 5.92 Å². The van der Waals surface area contributed by atoms with E-state index in [1.807, 2.05) is 37.3 Å². The number of nitrogens with two attached hydrogens (primary N) is 1. The van der Waals surface area contributed by atoms with Gasteiger partial charge in [0.1, 0.15) is 0 Å². The summed E-state index contributed by atoms with van der Waals surface area (Å²) in [4.78, 5) is 12.3. The van der Waals surface area contributed by atoms with Crippen LogP contribution in [-0.4, -0.2) is 11.9 Å². The van der Waals surface area contributed by atoms with Crippen LogP contribution in [0.3, 0.4) is 0 Å². The lowest BCUT2D eigenvalue weighted by Gasteiger charge is -2.25. The van der Waals surface area contributed by atoms with Crippen LogP contribution in [0, 0.1) is 11.8 Å². The largest absolute Gasteiger partial charge is 0.353 e. The van der Waals surface area contributed by atoms with Crippen molar-refractivity contribution in [2.75, 3.05) is 0 Å². The van der Waals surface area contributed by atoms with Crippen molar-refractivity contribution >= 4 is 5.91 Å². The summed E-state index contributed by atoms with van der Waals surface area (Å²) in [5.74, 6) is 0.501. The van der Waals surface area contributed by atoms with E-state index in [0.717, 1.165) is 5.56 Å². The molecule has 0 saturated heterocycles. The first kappa shape index (κ1) is 15.0. The molecule has 0 aliphatic heterocycles. The highest BCUT2D eigenvalue weighted by molar-refractivity contribution is 5.79. The Morgan fingerprint density at radius 2 is 1.80 bits per heavy atom. The fourth-order valence-corrected chi connectivity index (χ4v) is 3.06. The minimum atomic E-state index is -0.244. The molecule has 20 heavy (non-hydrogen) atoms. The Labute approximate surface area is 121 Å². The molecule has 1 aliphatic carbocycles. The summed E-state index contributed by atoms with van der Waals surface area (Å²) in [5.41, 5.74) is 7.23. The molecule has 2 rings (SSSR count). The second-order valence-corrected chi connectivity index (χ2v) is 6.07. The zero-order valence-electron chi connectivity index (χ0n) is 12.5. The molecular formula is C17H26N2O. The second kappa shape index (κ2) is 6.89. The molecule has 0 bridgehead atoms. The molecule has 2 unspecified atom stereocenters. The molecule has 1 aromatic rings. The van der Waals surface area contributed by atoms with E-state index < -0.39 is 0 Å². The topological polar surface area (TPSA) is 55.1 Å². The first-order chi connectivity index (χ1) is 9.59. The lowest BCUT2D eigenvalue weighted by Crippen LogP contribution is -2.42. The minimum absolute atomic E-state index is 0.0701. The number of carbonyl (C=O) groups is 1. The highest BCUT2D eigenvalue weighted by Gasteiger charge is 2.27. The number of carbonyl (C=O) groups excluding carboxylic acids is 1. The monoisotopic (exact) mass is 274 g/mol. The Balaban J connectivity index is 1.91. The molecule has 1 aromatic carbocycles. The van der Waals surface area contributed by atoms with Crippen molar-refractivity contribution in [3.63, 3.8) is 0 Å². The number of nitrogens with one attached hydrogen (secondary N) is 1. The third-order valence-electron chi connectivity index (χ3n) is 4.61. The Bertz CT molecular complexity index is 426. The van der Waals surface area contributed by atoms with Gasteiger partial charge in [-0.05, 0) is 31.2 Å². The van der Waals surface area contributed by atoms with Crippen LogP contribution < -0.4 is 11.1 Å². The molecule has 3 heteroatoms. The second-order valence-electron chi connectivity index (χ2n) is 6.07. The lowest BCUT2D eigenvalue weighted by molar-refractivity contribution is -0.126. The molecule has 1 amide bonds. The summed E-state index contributed by atoms with van der Waals surface area (Å²) in [6, 6.07) is 9.86. The minimum Gasteiger partial charge on any atom is -0.353 e. The fraction of sp³-hybridized carbons (Fsp3) is 0.588. The van der Waals surface area contributed by atoms with Crippen molar-refractivity contribution in [1.82, 2.24) is 5.32 Å². The summed E-state index contributed by atoms with van der Waals surface area (Å²) in [6.07, 6.45) is 5.06. The zero-order valence-corrected chi connectivity index (χ0v) is 12.5. The maximum Gasteiger partial charge on any atom is 0.224 e. The van der Waals surface area contributed by atoms with Gasteiger partial charge in [-0.2, -0.15) is 0 Å². The van der Waals surface area contributed by atoms with E-state index in [2.05, 4.69) is 12.2 Å². The number of hydrogen-bond acceptors (Lipinski definition) is 2. The van der Waals surface area contributed by atoms with Crippen LogP contribution in [-0.2, 0) is 4.79 Å². The normalized spacial score (nSPS) is 20.4. The van der Waals surface area contributed by atoms with Gasteiger partial charge in [-0.15, -0.1) is 0 Å². The molecule has 3 nitrogen and oxygen atoms in total. The summed E-state index contributed by atoms with van der Waals surface area (Å²) in [6.45, 7) is 4.03. The van der Waals surface area contributed by atoms with Crippen molar-refractivity contribution in [2.45, 2.75) is 51.6 Å². The molecule has 1 fully saturated rings. The highest BCUT2D eigenvalue weighted by Crippen LogP contribution is 2.28. The Hall–Kier alpha value is -1.35. The number of hydrogen-bond donors (Lipinski definition) is 2. The highest BCUT2D eigenvalue weighted by atomic mass is 16.1. The van der Waals surface area contributed by atoms with Gasteiger partial charge in [0, 0.05) is 12.1 Å². The maximum atomic E-state index is 12.3. The Morgan fingerprint density at radius 3 is 2.40 bits per heavy atom. The molecule has 3 N–H and O–H groups in total. The first-order valence-electron chi connectivity index (χ1n) is 7.70. The van der Waals surface area contributed by atoms with Crippen molar-refractivity contribution in [3.05, 3.63) is 35.9 Å². The van der Waals surface area contributed by atoms with Crippen LogP contribution in [0.15, 0.2) is 30.3 Å². The third kappa shape index (κ3) is 3.60. The maximum absolute atomic E-state index is 12.3. The average Bonchev–Trinajstić information content (AvgIpc) is 3.01. The summed E-state index contributed by atoms with van der Waals surface area (Å²) < 4.78 is 0. The predicted molar refractivity (Wildman–Crippen MR) is 82.1 cm³/mol. The van der Waals surface area contributed by atoms with E-state index in [9.17, 15) is 4.79 Å². The van der Waals surface area contributed by atoms with E-state index in [0.29, 0.717) is 5.92 Å². The molecule has 0 radical (unpaired) electrons. The van der Waals surface area contributed by atoms with Gasteiger partial charge in [-0.3, -0.25) is 4.79 Å². The smallest absolute Gasteiger partial charge is 0.224 e. The van der Waals surface area contributed by atoms with Gasteiger partial charge in [-0.1, -0.05) is 50.1 Å². The van der Waals surface area contributed by atoms with Crippen molar-refractivity contribution in [1.29, 1.82) is 0 Å².